The van der Waals surface area contributed by atoms with Gasteiger partial charge in [-0.05, 0) is 32.8 Å². The molecule has 0 radical (unpaired) electrons. The van der Waals surface area contributed by atoms with Crippen molar-refractivity contribution in [2.75, 3.05) is 34.5 Å². The molecule has 0 saturated carbocycles. The van der Waals surface area contributed by atoms with E-state index in [1.54, 1.807) is 32.0 Å². The maximum Gasteiger partial charge on any atom is 0.323 e. The van der Waals surface area contributed by atoms with Crippen LogP contribution in [0.3, 0.4) is 0 Å². The van der Waals surface area contributed by atoms with Crippen LogP contribution in [0, 0.1) is 5.41 Å². The molecule has 0 N–H and O–H groups in total. The zero-order valence-corrected chi connectivity index (χ0v) is 20.9. The van der Waals surface area contributed by atoms with E-state index in [4.69, 9.17) is 23.7 Å². The lowest BCUT2D eigenvalue weighted by Gasteiger charge is -2.36. The van der Waals surface area contributed by atoms with Gasteiger partial charge in [0, 0.05) is 23.1 Å². The van der Waals surface area contributed by atoms with E-state index in [2.05, 4.69) is 0 Å². The lowest BCUT2D eigenvalue weighted by atomic mass is 9.68. The summed E-state index contributed by atoms with van der Waals surface area (Å²) in [6, 6.07) is 4.79. The van der Waals surface area contributed by atoms with Gasteiger partial charge < -0.3 is 23.7 Å². The molecule has 0 amide bonds. The monoisotopic (exact) mass is 496 g/mol. The lowest BCUT2D eigenvalue weighted by molar-refractivity contribution is -0.173. The van der Waals surface area contributed by atoms with Gasteiger partial charge in [0.05, 0.1) is 51.2 Å². The number of ketones is 2. The van der Waals surface area contributed by atoms with E-state index in [0.29, 0.717) is 11.1 Å². The number of carbonyl (C=O) groups excluding carboxylic acids is 4. The number of rotatable bonds is 7. The number of hydrogen-bond donors (Lipinski definition) is 0. The summed E-state index contributed by atoms with van der Waals surface area (Å²) in [6.45, 7) is 3.49. The van der Waals surface area contributed by atoms with Crippen LogP contribution in [0.2, 0.25) is 0 Å². The van der Waals surface area contributed by atoms with Gasteiger partial charge in [-0.1, -0.05) is 12.1 Å². The Morgan fingerprint density at radius 1 is 0.806 bits per heavy atom. The molecular weight excluding hydrogens is 468 g/mol. The Morgan fingerprint density at radius 3 is 1.94 bits per heavy atom. The predicted octanol–water partition coefficient (Wildman–Crippen LogP) is 3.09. The minimum absolute atomic E-state index is 0.0300. The summed E-state index contributed by atoms with van der Waals surface area (Å²) in [7, 11) is 4.22. The van der Waals surface area contributed by atoms with Crippen molar-refractivity contribution in [3.8, 4) is 17.2 Å². The van der Waals surface area contributed by atoms with Crippen LogP contribution in [0.15, 0.2) is 18.2 Å². The molecule has 0 unspecified atom stereocenters. The van der Waals surface area contributed by atoms with Crippen molar-refractivity contribution in [3.63, 3.8) is 0 Å². The maximum atomic E-state index is 13.8. The predicted molar refractivity (Wildman–Crippen MR) is 127 cm³/mol. The fourth-order valence-electron chi connectivity index (χ4n) is 5.22. The number of ether oxygens (including phenoxy) is 5. The first-order chi connectivity index (χ1) is 17.3. The Bertz CT molecular complexity index is 1260. The molecule has 0 fully saturated rings. The SMILES string of the molecule is CCOC(=O)C1(C(=O)OCC)CCc2c(c(OC)c3c(c2OC)C(=O)c2c(OC)cccc2C3=O)C1. The van der Waals surface area contributed by atoms with Crippen molar-refractivity contribution in [2.24, 2.45) is 5.41 Å². The van der Waals surface area contributed by atoms with Crippen LogP contribution in [-0.2, 0) is 31.9 Å². The average Bonchev–Trinajstić information content (AvgIpc) is 2.89. The first kappa shape index (κ1) is 25.2. The largest absolute Gasteiger partial charge is 0.496 e. The molecular formula is C27H28O9. The summed E-state index contributed by atoms with van der Waals surface area (Å²) in [5.74, 6) is -1.65. The standard InChI is InChI=1S/C27H28O9/c1-6-35-25(30)27(26(31)36-7-2)12-11-14-16(13-27)24(34-5)19-20(23(14)33-4)22(29)18-15(21(19)28)9-8-10-17(18)32-3/h8-10H,6-7,11-13H2,1-5H3. The minimum atomic E-state index is -1.62. The number of esters is 2. The van der Waals surface area contributed by atoms with Gasteiger partial charge in [0.25, 0.3) is 0 Å². The van der Waals surface area contributed by atoms with E-state index in [1.807, 2.05) is 0 Å². The van der Waals surface area contributed by atoms with Crippen molar-refractivity contribution >= 4 is 23.5 Å². The van der Waals surface area contributed by atoms with E-state index in [1.165, 1.54) is 21.3 Å². The smallest absolute Gasteiger partial charge is 0.323 e. The van der Waals surface area contributed by atoms with Crippen LogP contribution in [0.25, 0.3) is 0 Å². The van der Waals surface area contributed by atoms with Gasteiger partial charge in [0.2, 0.25) is 5.78 Å². The van der Waals surface area contributed by atoms with Crippen LogP contribution in [0.1, 0.15) is 63.2 Å². The number of methoxy groups -OCH3 is 3. The highest BCUT2D eigenvalue weighted by atomic mass is 16.6. The van der Waals surface area contributed by atoms with Gasteiger partial charge in [-0.25, -0.2) is 0 Å². The highest BCUT2D eigenvalue weighted by Gasteiger charge is 2.53. The number of carbonyl (C=O) groups is 4. The summed E-state index contributed by atoms with van der Waals surface area (Å²) in [5, 5.41) is 0. The summed E-state index contributed by atoms with van der Waals surface area (Å²) in [4.78, 5) is 53.7. The van der Waals surface area contributed by atoms with Crippen molar-refractivity contribution in [3.05, 3.63) is 51.6 Å². The lowest BCUT2D eigenvalue weighted by Crippen LogP contribution is -2.46. The highest BCUT2D eigenvalue weighted by molar-refractivity contribution is 6.31. The van der Waals surface area contributed by atoms with Gasteiger partial charge in [-0.2, -0.15) is 0 Å². The topological polar surface area (TPSA) is 114 Å². The Kier molecular flexibility index (Phi) is 6.75. The molecule has 4 rings (SSSR count). The molecule has 2 aromatic rings. The Balaban J connectivity index is 2.00. The summed E-state index contributed by atoms with van der Waals surface area (Å²) < 4.78 is 27.3. The van der Waals surface area contributed by atoms with E-state index in [9.17, 15) is 19.2 Å². The molecule has 2 aliphatic rings. The molecule has 0 atom stereocenters. The molecule has 0 aromatic heterocycles. The van der Waals surface area contributed by atoms with E-state index >= 15 is 0 Å². The van der Waals surface area contributed by atoms with Gasteiger partial charge >= 0.3 is 11.9 Å². The highest BCUT2D eigenvalue weighted by Crippen LogP contribution is 2.51. The van der Waals surface area contributed by atoms with Gasteiger partial charge in [-0.15, -0.1) is 0 Å². The van der Waals surface area contributed by atoms with E-state index in [-0.39, 0.29) is 72.0 Å². The molecule has 2 aromatic carbocycles. The van der Waals surface area contributed by atoms with Gasteiger partial charge in [0.1, 0.15) is 17.2 Å². The molecule has 0 heterocycles. The summed E-state index contributed by atoms with van der Waals surface area (Å²) in [6.07, 6.45) is 0.150. The van der Waals surface area contributed by atoms with Crippen molar-refractivity contribution < 1.29 is 42.9 Å². The Hall–Kier alpha value is -3.88. The van der Waals surface area contributed by atoms with Crippen LogP contribution in [0.4, 0.5) is 0 Å². The second-order valence-corrected chi connectivity index (χ2v) is 8.51. The molecule has 0 spiro atoms. The normalized spacial score (nSPS) is 15.2. The zero-order valence-electron chi connectivity index (χ0n) is 20.9. The molecule has 9 nitrogen and oxygen atoms in total. The van der Waals surface area contributed by atoms with Crippen LogP contribution in [-0.4, -0.2) is 58.0 Å². The number of fused-ring (bicyclic) bond motifs is 3. The fraction of sp³-hybridized carbons (Fsp3) is 0.407. The first-order valence-corrected chi connectivity index (χ1v) is 11.7. The van der Waals surface area contributed by atoms with Crippen LogP contribution in [0.5, 0.6) is 17.2 Å². The van der Waals surface area contributed by atoms with Crippen LogP contribution >= 0.6 is 0 Å². The number of benzene rings is 2. The molecule has 9 heteroatoms. The Labute approximate surface area is 208 Å². The molecule has 0 saturated heterocycles. The van der Waals surface area contributed by atoms with Crippen LogP contribution < -0.4 is 14.2 Å². The van der Waals surface area contributed by atoms with E-state index in [0.717, 1.165) is 0 Å². The third-order valence-corrected chi connectivity index (χ3v) is 6.81. The molecule has 190 valence electrons. The second kappa shape index (κ2) is 9.64. The molecule has 2 aliphatic carbocycles. The zero-order chi connectivity index (χ0) is 26.2. The minimum Gasteiger partial charge on any atom is -0.496 e. The van der Waals surface area contributed by atoms with Crippen molar-refractivity contribution in [1.29, 1.82) is 0 Å². The molecule has 0 bridgehead atoms. The average molecular weight is 497 g/mol. The van der Waals surface area contributed by atoms with Gasteiger partial charge in [0.15, 0.2) is 11.2 Å². The Morgan fingerprint density at radius 2 is 1.39 bits per heavy atom. The van der Waals surface area contributed by atoms with Crippen molar-refractivity contribution in [1.82, 2.24) is 0 Å². The third kappa shape index (κ3) is 3.53. The quantitative estimate of drug-likeness (QED) is 0.359. The molecule has 36 heavy (non-hydrogen) atoms. The maximum absolute atomic E-state index is 13.8. The number of hydrogen-bond acceptors (Lipinski definition) is 9. The molecule has 0 aliphatic heterocycles. The fourth-order valence-corrected chi connectivity index (χ4v) is 5.22. The van der Waals surface area contributed by atoms with E-state index < -0.39 is 28.9 Å². The van der Waals surface area contributed by atoms with Gasteiger partial charge in [-0.3, -0.25) is 19.2 Å². The first-order valence-electron chi connectivity index (χ1n) is 11.7. The van der Waals surface area contributed by atoms with Crippen molar-refractivity contribution in [2.45, 2.75) is 33.1 Å². The summed E-state index contributed by atoms with van der Waals surface area (Å²) >= 11 is 0. The third-order valence-electron chi connectivity index (χ3n) is 6.81. The summed E-state index contributed by atoms with van der Waals surface area (Å²) in [5.41, 5.74) is -0.151. The second-order valence-electron chi connectivity index (χ2n) is 8.51.